The van der Waals surface area contributed by atoms with Crippen LogP contribution in [0.15, 0.2) is 87.7 Å². The molecular formula is C23H23N3O3S2. The molecule has 31 heavy (non-hydrogen) atoms. The Labute approximate surface area is 186 Å². The van der Waals surface area contributed by atoms with Crippen LogP contribution in [0.5, 0.6) is 0 Å². The molecule has 4 rings (SSSR count). The maximum atomic E-state index is 12.6. The first-order chi connectivity index (χ1) is 15.0. The molecule has 8 heteroatoms. The highest BCUT2D eigenvalue weighted by Gasteiger charge is 2.26. The Bertz CT molecular complexity index is 1130. The van der Waals surface area contributed by atoms with Crippen LogP contribution in [0.4, 0.5) is 0 Å². The van der Waals surface area contributed by atoms with Crippen molar-refractivity contribution in [3.63, 3.8) is 0 Å². The summed E-state index contributed by atoms with van der Waals surface area (Å²) < 4.78 is 26.7. The predicted octanol–water partition coefficient (Wildman–Crippen LogP) is 3.95. The number of pyridine rings is 1. The second-order valence-electron chi connectivity index (χ2n) is 7.23. The van der Waals surface area contributed by atoms with E-state index < -0.39 is 10.0 Å². The summed E-state index contributed by atoms with van der Waals surface area (Å²) >= 11 is 1.54. The third kappa shape index (κ3) is 5.33. The summed E-state index contributed by atoms with van der Waals surface area (Å²) in [6, 6.07) is 19.8. The minimum atomic E-state index is -3.42. The number of benzene rings is 2. The molecule has 2 aromatic carbocycles. The second kappa shape index (κ2) is 9.64. The van der Waals surface area contributed by atoms with Crippen LogP contribution in [0, 0.1) is 0 Å². The van der Waals surface area contributed by atoms with Crippen LogP contribution in [-0.2, 0) is 16.6 Å². The van der Waals surface area contributed by atoms with E-state index in [9.17, 15) is 13.2 Å². The highest BCUT2D eigenvalue weighted by molar-refractivity contribution is 7.99. The van der Waals surface area contributed by atoms with Crippen molar-refractivity contribution < 1.29 is 13.2 Å². The third-order valence-electron chi connectivity index (χ3n) is 5.06. The van der Waals surface area contributed by atoms with Gasteiger partial charge >= 0.3 is 0 Å². The Hall–Kier alpha value is -2.68. The first-order valence-electron chi connectivity index (χ1n) is 10.1. The molecule has 3 aromatic rings. The number of carbonyl (C=O) groups is 1. The Kier molecular flexibility index (Phi) is 6.70. The first kappa shape index (κ1) is 21.5. The lowest BCUT2D eigenvalue weighted by Gasteiger charge is -2.15. The molecule has 0 bridgehead atoms. The number of rotatable bonds is 7. The molecule has 0 aliphatic carbocycles. The Balaban J connectivity index is 1.33. The quantitative estimate of drug-likeness (QED) is 0.586. The smallest absolute Gasteiger partial charge is 0.251 e. The van der Waals surface area contributed by atoms with E-state index in [1.165, 1.54) is 16.1 Å². The highest BCUT2D eigenvalue weighted by Crippen LogP contribution is 2.25. The molecule has 1 saturated heterocycles. The average Bonchev–Trinajstić information content (AvgIpc) is 3.35. The molecule has 1 N–H and O–H groups in total. The minimum Gasteiger partial charge on any atom is -0.348 e. The fourth-order valence-electron chi connectivity index (χ4n) is 3.34. The van der Waals surface area contributed by atoms with Gasteiger partial charge in [0.25, 0.3) is 5.91 Å². The predicted molar refractivity (Wildman–Crippen MR) is 120 cm³/mol. The topological polar surface area (TPSA) is 79.4 Å². The van der Waals surface area contributed by atoms with Gasteiger partial charge in [-0.15, -0.1) is 0 Å². The van der Waals surface area contributed by atoms with Crippen molar-refractivity contribution in [2.24, 2.45) is 0 Å². The van der Waals surface area contributed by atoms with Crippen molar-refractivity contribution in [2.75, 3.05) is 13.1 Å². The van der Waals surface area contributed by atoms with Crippen LogP contribution in [0.2, 0.25) is 0 Å². The van der Waals surface area contributed by atoms with Gasteiger partial charge in [0.15, 0.2) is 0 Å². The summed E-state index contributed by atoms with van der Waals surface area (Å²) in [4.78, 5) is 18.0. The van der Waals surface area contributed by atoms with Crippen molar-refractivity contribution in [1.82, 2.24) is 14.6 Å². The van der Waals surface area contributed by atoms with Crippen molar-refractivity contribution in [1.29, 1.82) is 0 Å². The molecule has 1 aliphatic rings. The van der Waals surface area contributed by atoms with Gasteiger partial charge in [0.05, 0.1) is 4.90 Å². The Morgan fingerprint density at radius 2 is 1.68 bits per heavy atom. The summed E-state index contributed by atoms with van der Waals surface area (Å²) in [7, 11) is -3.42. The normalized spacial score (nSPS) is 14.5. The van der Waals surface area contributed by atoms with Crippen molar-refractivity contribution in [3.8, 4) is 0 Å². The van der Waals surface area contributed by atoms with Crippen molar-refractivity contribution >= 4 is 27.7 Å². The molecule has 1 fully saturated rings. The summed E-state index contributed by atoms with van der Waals surface area (Å²) in [6.07, 6.45) is 3.57. The lowest BCUT2D eigenvalue weighted by atomic mass is 10.2. The number of hydrogen-bond acceptors (Lipinski definition) is 5. The SMILES string of the molecule is O=C(NCc1ccc(S(=O)(=O)N2CCCC2)cc1)c1ccc(Sc2ccccn2)cc1. The zero-order valence-electron chi connectivity index (χ0n) is 16.9. The number of nitrogens with one attached hydrogen (secondary N) is 1. The van der Waals surface area contributed by atoms with Gasteiger partial charge in [0.1, 0.15) is 5.03 Å². The first-order valence-corrected chi connectivity index (χ1v) is 12.3. The lowest BCUT2D eigenvalue weighted by molar-refractivity contribution is 0.0951. The maximum absolute atomic E-state index is 12.6. The van der Waals surface area contributed by atoms with E-state index in [0.29, 0.717) is 30.1 Å². The van der Waals surface area contributed by atoms with E-state index in [1.54, 1.807) is 42.6 Å². The van der Waals surface area contributed by atoms with Crippen LogP contribution in [-0.4, -0.2) is 36.7 Å². The number of amides is 1. The van der Waals surface area contributed by atoms with E-state index in [2.05, 4.69) is 10.3 Å². The molecule has 1 aliphatic heterocycles. The van der Waals surface area contributed by atoms with Gasteiger partial charge < -0.3 is 5.32 Å². The molecule has 2 heterocycles. The third-order valence-corrected chi connectivity index (χ3v) is 7.93. The highest BCUT2D eigenvalue weighted by atomic mass is 32.2. The lowest BCUT2D eigenvalue weighted by Crippen LogP contribution is -2.28. The summed E-state index contributed by atoms with van der Waals surface area (Å²) in [6.45, 7) is 1.49. The van der Waals surface area contributed by atoms with Crippen LogP contribution in [0.25, 0.3) is 0 Å². The van der Waals surface area contributed by atoms with Gasteiger partial charge in [-0.3, -0.25) is 4.79 Å². The van der Waals surface area contributed by atoms with E-state index in [-0.39, 0.29) is 5.91 Å². The number of sulfonamides is 1. The van der Waals surface area contributed by atoms with E-state index in [4.69, 9.17) is 0 Å². The molecule has 6 nitrogen and oxygen atoms in total. The minimum absolute atomic E-state index is 0.178. The molecule has 0 radical (unpaired) electrons. The van der Waals surface area contributed by atoms with Crippen LogP contribution in [0.1, 0.15) is 28.8 Å². The molecule has 0 atom stereocenters. The van der Waals surface area contributed by atoms with Gasteiger partial charge in [-0.2, -0.15) is 4.31 Å². The standard InChI is InChI=1S/C23H23N3O3S2/c27-23(19-8-10-20(11-9-19)30-22-5-1-2-14-24-22)25-17-18-6-12-21(13-7-18)31(28,29)26-15-3-4-16-26/h1-2,5-14H,3-4,15-17H2,(H,25,27). The van der Waals surface area contributed by atoms with Crippen LogP contribution in [0.3, 0.4) is 0 Å². The summed E-state index contributed by atoms with van der Waals surface area (Å²) in [5.41, 5.74) is 1.41. The van der Waals surface area contributed by atoms with Gasteiger partial charge in [0, 0.05) is 36.3 Å². The summed E-state index contributed by atoms with van der Waals surface area (Å²) in [5, 5.41) is 3.78. The molecule has 160 valence electrons. The summed E-state index contributed by atoms with van der Waals surface area (Å²) in [5.74, 6) is -0.178. The zero-order chi connectivity index (χ0) is 21.7. The monoisotopic (exact) mass is 453 g/mol. The van der Waals surface area contributed by atoms with E-state index in [1.807, 2.05) is 30.3 Å². The fraction of sp³-hybridized carbons (Fsp3) is 0.217. The van der Waals surface area contributed by atoms with E-state index in [0.717, 1.165) is 28.3 Å². The van der Waals surface area contributed by atoms with Gasteiger partial charge in [-0.25, -0.2) is 13.4 Å². The van der Waals surface area contributed by atoms with Crippen molar-refractivity contribution in [2.45, 2.75) is 34.2 Å². The van der Waals surface area contributed by atoms with Gasteiger partial charge in [-0.05, 0) is 66.9 Å². The number of hydrogen-bond donors (Lipinski definition) is 1. The molecule has 0 unspecified atom stereocenters. The molecule has 1 amide bonds. The number of carbonyl (C=O) groups excluding carboxylic acids is 1. The second-order valence-corrected chi connectivity index (χ2v) is 10.3. The molecule has 0 saturated carbocycles. The fourth-order valence-corrected chi connectivity index (χ4v) is 5.63. The zero-order valence-corrected chi connectivity index (χ0v) is 18.5. The van der Waals surface area contributed by atoms with Gasteiger partial charge in [0.2, 0.25) is 10.0 Å². The van der Waals surface area contributed by atoms with Crippen LogP contribution >= 0.6 is 11.8 Å². The molecular weight excluding hydrogens is 430 g/mol. The van der Waals surface area contributed by atoms with Crippen LogP contribution < -0.4 is 5.32 Å². The molecule has 0 spiro atoms. The Morgan fingerprint density at radius 1 is 0.968 bits per heavy atom. The number of nitrogens with zero attached hydrogens (tertiary/aromatic N) is 2. The maximum Gasteiger partial charge on any atom is 0.251 e. The van der Waals surface area contributed by atoms with Gasteiger partial charge in [-0.1, -0.05) is 30.0 Å². The largest absolute Gasteiger partial charge is 0.348 e. The average molecular weight is 454 g/mol. The number of aromatic nitrogens is 1. The van der Waals surface area contributed by atoms with Crippen molar-refractivity contribution in [3.05, 3.63) is 84.1 Å². The molecule has 1 aromatic heterocycles. The Morgan fingerprint density at radius 3 is 2.32 bits per heavy atom. The van der Waals surface area contributed by atoms with E-state index >= 15 is 0 Å².